The molecule has 0 radical (unpaired) electrons. The molecule has 0 bridgehead atoms. The van der Waals surface area contributed by atoms with Crippen LogP contribution in [0.1, 0.15) is 42.4 Å². The lowest BCUT2D eigenvalue weighted by Crippen LogP contribution is -2.08. The van der Waals surface area contributed by atoms with Crippen molar-refractivity contribution in [3.8, 4) is 0 Å². The van der Waals surface area contributed by atoms with Crippen LogP contribution >= 0.6 is 0 Å². The highest BCUT2D eigenvalue weighted by Crippen LogP contribution is 2.22. The zero-order valence-corrected chi connectivity index (χ0v) is 10.4. The van der Waals surface area contributed by atoms with Crippen molar-refractivity contribution in [3.05, 3.63) is 11.3 Å². The molecule has 0 saturated heterocycles. The number of carbonyl (C=O) groups is 1. The zero-order chi connectivity index (χ0) is 13.0. The molecular weight excluding hydrogens is 225 g/mol. The Morgan fingerprint density at radius 3 is 2.71 bits per heavy atom. The topological polar surface area (TPSA) is 70.1 Å². The molecule has 0 saturated carbocycles. The molecule has 1 rings (SSSR count). The molecule has 0 aliphatic rings. The van der Waals surface area contributed by atoms with E-state index in [1.54, 1.807) is 4.68 Å². The molecule has 5 nitrogen and oxygen atoms in total. The van der Waals surface area contributed by atoms with Crippen LogP contribution in [0, 0.1) is 0 Å². The molecule has 0 aliphatic carbocycles. The van der Waals surface area contributed by atoms with Gasteiger partial charge in [-0.25, -0.2) is 9.48 Å². The Balaban J connectivity index is 3.17. The summed E-state index contributed by atoms with van der Waals surface area (Å²) in [5.74, 6) is -0.126. The van der Waals surface area contributed by atoms with Crippen LogP contribution in [0.2, 0.25) is 0 Å². The molecule has 17 heavy (non-hydrogen) atoms. The van der Waals surface area contributed by atoms with Crippen molar-refractivity contribution in [2.75, 3.05) is 19.5 Å². The van der Waals surface area contributed by atoms with Gasteiger partial charge < -0.3 is 10.5 Å². The second-order valence-electron chi connectivity index (χ2n) is 4.03. The van der Waals surface area contributed by atoms with Crippen molar-refractivity contribution in [1.82, 2.24) is 9.78 Å². The summed E-state index contributed by atoms with van der Waals surface area (Å²) in [5.41, 5.74) is 6.67. The normalized spacial score (nSPS) is 10.9. The first-order valence-electron chi connectivity index (χ1n) is 5.54. The summed E-state index contributed by atoms with van der Waals surface area (Å²) in [4.78, 5) is 11.5. The van der Waals surface area contributed by atoms with Gasteiger partial charge >= 0.3 is 5.97 Å². The summed E-state index contributed by atoms with van der Waals surface area (Å²) >= 11 is 0. The molecule has 96 valence electrons. The third-order valence-electron chi connectivity index (χ3n) is 2.48. The number of rotatable bonds is 5. The lowest BCUT2D eigenvalue weighted by molar-refractivity contribution is 0.0591. The Morgan fingerprint density at radius 2 is 2.24 bits per heavy atom. The molecule has 0 unspecified atom stereocenters. The average Bonchev–Trinajstić information content (AvgIpc) is 2.63. The highest BCUT2D eigenvalue weighted by molar-refractivity contribution is 5.90. The van der Waals surface area contributed by atoms with E-state index in [0.717, 1.165) is 0 Å². The molecule has 1 aromatic heterocycles. The van der Waals surface area contributed by atoms with Gasteiger partial charge in [-0.2, -0.15) is 5.10 Å². The standard InChI is InChI=1S/C11H18FN3O2/c1-7(2)15-10(13)8(5-4-6-12)9(14-15)11(16)17-3/h7H,4-6,13H2,1-3H3. The third kappa shape index (κ3) is 2.75. The number of anilines is 1. The van der Waals surface area contributed by atoms with Crippen molar-refractivity contribution in [1.29, 1.82) is 0 Å². The quantitative estimate of drug-likeness (QED) is 0.799. The number of methoxy groups -OCH3 is 1. The van der Waals surface area contributed by atoms with Crippen LogP contribution in [0.5, 0.6) is 0 Å². The number of alkyl halides is 1. The second-order valence-corrected chi connectivity index (χ2v) is 4.03. The highest BCUT2D eigenvalue weighted by atomic mass is 19.1. The molecular formula is C11H18FN3O2. The predicted molar refractivity (Wildman–Crippen MR) is 62.7 cm³/mol. The second kappa shape index (κ2) is 5.65. The van der Waals surface area contributed by atoms with E-state index in [4.69, 9.17) is 5.73 Å². The van der Waals surface area contributed by atoms with Gasteiger partial charge in [-0.15, -0.1) is 0 Å². The first kappa shape index (κ1) is 13.5. The molecule has 0 spiro atoms. The van der Waals surface area contributed by atoms with E-state index in [1.165, 1.54) is 7.11 Å². The Bertz CT molecular complexity index is 402. The van der Waals surface area contributed by atoms with E-state index < -0.39 is 12.6 Å². The molecule has 0 amide bonds. The Morgan fingerprint density at radius 1 is 1.59 bits per heavy atom. The lowest BCUT2D eigenvalue weighted by atomic mass is 10.1. The van der Waals surface area contributed by atoms with E-state index >= 15 is 0 Å². The van der Waals surface area contributed by atoms with Gasteiger partial charge in [0.05, 0.1) is 13.8 Å². The van der Waals surface area contributed by atoms with Gasteiger partial charge in [0.15, 0.2) is 5.69 Å². The molecule has 2 N–H and O–H groups in total. The van der Waals surface area contributed by atoms with Gasteiger partial charge in [-0.1, -0.05) is 0 Å². The lowest BCUT2D eigenvalue weighted by Gasteiger charge is -2.07. The number of hydrogen-bond acceptors (Lipinski definition) is 4. The van der Waals surface area contributed by atoms with Crippen LogP contribution in [0.4, 0.5) is 10.2 Å². The van der Waals surface area contributed by atoms with E-state index in [0.29, 0.717) is 24.2 Å². The van der Waals surface area contributed by atoms with Gasteiger partial charge in [0.25, 0.3) is 0 Å². The summed E-state index contributed by atoms with van der Waals surface area (Å²) in [6, 6.07) is 0.0394. The minimum Gasteiger partial charge on any atom is -0.464 e. The minimum absolute atomic E-state index is 0.0394. The maximum atomic E-state index is 12.2. The van der Waals surface area contributed by atoms with Gasteiger partial charge in [0.2, 0.25) is 0 Å². The fourth-order valence-corrected chi connectivity index (χ4v) is 1.63. The van der Waals surface area contributed by atoms with Crippen molar-refractivity contribution in [2.24, 2.45) is 0 Å². The average molecular weight is 243 g/mol. The molecule has 0 atom stereocenters. The first-order valence-corrected chi connectivity index (χ1v) is 5.54. The number of hydrogen-bond donors (Lipinski definition) is 1. The third-order valence-corrected chi connectivity index (χ3v) is 2.48. The maximum absolute atomic E-state index is 12.2. The summed E-state index contributed by atoms with van der Waals surface area (Å²) < 4.78 is 18.4. The molecule has 0 aromatic carbocycles. The SMILES string of the molecule is COC(=O)c1nn(C(C)C)c(N)c1CCCF. The van der Waals surface area contributed by atoms with Crippen LogP contribution in [-0.4, -0.2) is 29.5 Å². The smallest absolute Gasteiger partial charge is 0.358 e. The fraction of sp³-hybridized carbons (Fsp3) is 0.636. The fourth-order valence-electron chi connectivity index (χ4n) is 1.63. The van der Waals surface area contributed by atoms with Crippen molar-refractivity contribution in [3.63, 3.8) is 0 Å². The Labute approximate surface area is 99.7 Å². The Hall–Kier alpha value is -1.59. The van der Waals surface area contributed by atoms with Crippen molar-refractivity contribution < 1.29 is 13.9 Å². The molecule has 1 aromatic rings. The van der Waals surface area contributed by atoms with Crippen LogP contribution in [-0.2, 0) is 11.2 Å². The number of nitrogens with zero attached hydrogens (tertiary/aromatic N) is 2. The molecule has 0 aliphatic heterocycles. The first-order chi connectivity index (χ1) is 8.02. The number of halogens is 1. The molecule has 0 fully saturated rings. The van der Waals surface area contributed by atoms with Crippen LogP contribution in [0.15, 0.2) is 0 Å². The largest absolute Gasteiger partial charge is 0.464 e. The van der Waals surface area contributed by atoms with Gasteiger partial charge in [0, 0.05) is 11.6 Å². The van der Waals surface area contributed by atoms with Gasteiger partial charge in [0.1, 0.15) is 5.82 Å². The zero-order valence-electron chi connectivity index (χ0n) is 10.4. The van der Waals surface area contributed by atoms with E-state index in [1.807, 2.05) is 13.8 Å². The minimum atomic E-state index is -0.537. The Kier molecular flexibility index (Phi) is 4.48. The summed E-state index contributed by atoms with van der Waals surface area (Å²) in [6.07, 6.45) is 0.706. The number of aromatic nitrogens is 2. The van der Waals surface area contributed by atoms with E-state index in [-0.39, 0.29) is 11.7 Å². The molecule has 6 heteroatoms. The van der Waals surface area contributed by atoms with E-state index in [9.17, 15) is 9.18 Å². The summed E-state index contributed by atoms with van der Waals surface area (Å²) in [7, 11) is 1.28. The summed E-state index contributed by atoms with van der Waals surface area (Å²) in [6.45, 7) is 3.36. The van der Waals surface area contributed by atoms with Crippen molar-refractivity contribution in [2.45, 2.75) is 32.7 Å². The highest BCUT2D eigenvalue weighted by Gasteiger charge is 2.22. The van der Waals surface area contributed by atoms with Crippen molar-refractivity contribution >= 4 is 11.8 Å². The molecule has 1 heterocycles. The van der Waals surface area contributed by atoms with E-state index in [2.05, 4.69) is 9.84 Å². The number of nitrogen functional groups attached to an aromatic ring is 1. The summed E-state index contributed by atoms with van der Waals surface area (Å²) in [5, 5.41) is 4.13. The maximum Gasteiger partial charge on any atom is 0.358 e. The predicted octanol–water partition coefficient (Wildman–Crippen LogP) is 1.73. The van der Waals surface area contributed by atoms with Crippen LogP contribution in [0.25, 0.3) is 0 Å². The van der Waals surface area contributed by atoms with Gasteiger partial charge in [-0.3, -0.25) is 4.39 Å². The number of carbonyl (C=O) groups excluding carboxylic acids is 1. The number of ether oxygens (including phenoxy) is 1. The van der Waals surface area contributed by atoms with Gasteiger partial charge in [-0.05, 0) is 26.7 Å². The van der Waals surface area contributed by atoms with Crippen LogP contribution < -0.4 is 5.73 Å². The van der Waals surface area contributed by atoms with Crippen LogP contribution in [0.3, 0.4) is 0 Å². The number of nitrogens with two attached hydrogens (primary N) is 1. The number of esters is 1. The monoisotopic (exact) mass is 243 g/mol.